The minimum atomic E-state index is -0.385. The van der Waals surface area contributed by atoms with Gasteiger partial charge in [0.1, 0.15) is 17.4 Å². The second-order valence-corrected chi connectivity index (χ2v) is 8.65. The number of hydrogen-bond acceptors (Lipinski definition) is 6. The van der Waals surface area contributed by atoms with Crippen molar-refractivity contribution in [2.75, 3.05) is 26.0 Å². The summed E-state index contributed by atoms with van der Waals surface area (Å²) in [6, 6.07) is 3.04. The average Bonchev–Trinajstić information content (AvgIpc) is 3.49. The molecule has 0 atom stereocenters. The van der Waals surface area contributed by atoms with E-state index in [4.69, 9.17) is 11.3 Å². The Hall–Kier alpha value is -4.10. The van der Waals surface area contributed by atoms with Crippen LogP contribution < -0.4 is 10.1 Å². The molecular weight excluding hydrogens is 452 g/mol. The SMILES string of the molecule is [C-]#[N+]c1cn2c(NCc3c(F)ccc4c3CCO4)ncc(-c3cnc(CN(C)C)c(F)c3C)c2n1. The lowest BCUT2D eigenvalue weighted by atomic mass is 10.0. The smallest absolute Gasteiger partial charge is 0.288 e. The Morgan fingerprint density at radius 2 is 2.00 bits per heavy atom. The first-order valence-corrected chi connectivity index (χ1v) is 11.1. The van der Waals surface area contributed by atoms with Crippen LogP contribution in [0, 0.1) is 25.1 Å². The van der Waals surface area contributed by atoms with Crippen molar-refractivity contribution in [3.05, 3.63) is 76.2 Å². The van der Waals surface area contributed by atoms with Gasteiger partial charge in [-0.3, -0.25) is 9.38 Å². The van der Waals surface area contributed by atoms with Gasteiger partial charge < -0.3 is 19.8 Å². The van der Waals surface area contributed by atoms with Crippen molar-refractivity contribution in [3.8, 4) is 16.9 Å². The van der Waals surface area contributed by atoms with E-state index in [0.717, 1.165) is 5.56 Å². The van der Waals surface area contributed by atoms with Crippen molar-refractivity contribution in [1.29, 1.82) is 0 Å². The zero-order valence-corrected chi connectivity index (χ0v) is 19.6. The van der Waals surface area contributed by atoms with Gasteiger partial charge in [-0.05, 0) is 38.7 Å². The predicted octanol–water partition coefficient (Wildman–Crippen LogP) is 4.54. The van der Waals surface area contributed by atoms with Gasteiger partial charge in [0.05, 0.1) is 17.9 Å². The molecule has 8 nitrogen and oxygen atoms in total. The van der Waals surface area contributed by atoms with E-state index in [1.807, 2.05) is 19.0 Å². The first-order chi connectivity index (χ1) is 16.9. The van der Waals surface area contributed by atoms with Crippen LogP contribution in [-0.2, 0) is 19.5 Å². The molecular formula is C25H23F2N7O. The number of ether oxygens (including phenoxy) is 1. The molecule has 5 rings (SSSR count). The second kappa shape index (κ2) is 8.92. The molecule has 0 amide bonds. The van der Waals surface area contributed by atoms with E-state index in [-0.39, 0.29) is 24.0 Å². The normalized spacial score (nSPS) is 12.6. The second-order valence-electron chi connectivity index (χ2n) is 8.65. The zero-order chi connectivity index (χ0) is 24.7. The van der Waals surface area contributed by atoms with Crippen molar-refractivity contribution < 1.29 is 13.5 Å². The molecule has 1 aliphatic heterocycles. The van der Waals surface area contributed by atoms with Gasteiger partial charge in [-0.1, -0.05) is 11.6 Å². The average molecular weight is 476 g/mol. The van der Waals surface area contributed by atoms with Crippen molar-refractivity contribution >= 4 is 17.4 Å². The Bertz CT molecular complexity index is 1490. The van der Waals surface area contributed by atoms with Crippen molar-refractivity contribution in [1.82, 2.24) is 24.3 Å². The topological polar surface area (TPSA) is 71.9 Å². The third-order valence-corrected chi connectivity index (χ3v) is 6.05. The lowest BCUT2D eigenvalue weighted by molar-refractivity contribution is 0.356. The van der Waals surface area contributed by atoms with Gasteiger partial charge in [-0.2, -0.15) is 0 Å². The molecule has 178 valence electrons. The van der Waals surface area contributed by atoms with Crippen LogP contribution in [-0.4, -0.2) is 45.0 Å². The largest absolute Gasteiger partial charge is 0.493 e. The summed E-state index contributed by atoms with van der Waals surface area (Å²) in [6.07, 6.45) is 5.37. The lowest BCUT2D eigenvalue weighted by Crippen LogP contribution is -2.14. The highest BCUT2D eigenvalue weighted by molar-refractivity contribution is 5.81. The number of rotatable bonds is 6. The van der Waals surface area contributed by atoms with E-state index < -0.39 is 0 Å². The summed E-state index contributed by atoms with van der Waals surface area (Å²) in [5, 5.41) is 3.17. The van der Waals surface area contributed by atoms with Crippen LogP contribution in [0.15, 0.2) is 30.7 Å². The standard InChI is InChI=1S/C25H23F2N7O/c1-14-16(9-29-20(23(14)27)12-33(3)4)18-11-31-25(34-13-22(28-2)32-24(18)34)30-10-17-15-7-8-35-21(15)6-5-19(17)26/h5-6,9,11,13H,7-8,10,12H2,1,3-4H3,(H,30,31). The third-order valence-electron chi connectivity index (χ3n) is 6.05. The molecule has 1 N–H and O–H groups in total. The molecule has 0 saturated carbocycles. The Kier molecular flexibility index (Phi) is 5.78. The van der Waals surface area contributed by atoms with Gasteiger partial charge in [0.2, 0.25) is 11.6 Å². The number of nitrogens with zero attached hydrogens (tertiary/aromatic N) is 6. The molecule has 0 spiro atoms. The maximum atomic E-state index is 15.1. The van der Waals surface area contributed by atoms with Crippen molar-refractivity contribution in [3.63, 3.8) is 0 Å². The minimum absolute atomic E-state index is 0.165. The van der Waals surface area contributed by atoms with E-state index in [1.165, 1.54) is 6.07 Å². The van der Waals surface area contributed by atoms with Crippen LogP contribution in [0.3, 0.4) is 0 Å². The maximum absolute atomic E-state index is 15.1. The van der Waals surface area contributed by atoms with E-state index in [1.54, 1.807) is 36.0 Å². The fraction of sp³-hybridized carbons (Fsp3) is 0.280. The van der Waals surface area contributed by atoms with Crippen LogP contribution in [0.25, 0.3) is 21.6 Å². The number of nitrogens with one attached hydrogen (secondary N) is 1. The van der Waals surface area contributed by atoms with Gasteiger partial charge in [0.15, 0.2) is 0 Å². The molecule has 3 aromatic heterocycles. The van der Waals surface area contributed by atoms with Crippen molar-refractivity contribution in [2.45, 2.75) is 26.4 Å². The third kappa shape index (κ3) is 4.04. The Labute approximate surface area is 201 Å². The highest BCUT2D eigenvalue weighted by Crippen LogP contribution is 2.33. The number of hydrogen-bond donors (Lipinski definition) is 1. The predicted molar refractivity (Wildman–Crippen MR) is 127 cm³/mol. The molecule has 1 aliphatic rings. The van der Waals surface area contributed by atoms with Gasteiger partial charge in [-0.15, -0.1) is 0 Å². The summed E-state index contributed by atoms with van der Waals surface area (Å²) in [4.78, 5) is 18.5. The fourth-order valence-electron chi connectivity index (χ4n) is 4.33. The molecule has 0 unspecified atom stereocenters. The van der Waals surface area contributed by atoms with E-state index in [2.05, 4.69) is 25.1 Å². The van der Waals surface area contributed by atoms with Gasteiger partial charge in [0, 0.05) is 54.8 Å². The molecule has 0 fully saturated rings. The number of aromatic nitrogens is 4. The highest BCUT2D eigenvalue weighted by atomic mass is 19.1. The van der Waals surface area contributed by atoms with Gasteiger partial charge >= 0.3 is 0 Å². The molecule has 0 saturated heterocycles. The Morgan fingerprint density at radius 1 is 1.20 bits per heavy atom. The number of halogens is 2. The van der Waals surface area contributed by atoms with E-state index in [9.17, 15) is 4.39 Å². The summed E-state index contributed by atoms with van der Waals surface area (Å²) >= 11 is 0. The molecule has 4 aromatic rings. The van der Waals surface area contributed by atoms with Crippen LogP contribution in [0.4, 0.5) is 20.5 Å². The summed E-state index contributed by atoms with van der Waals surface area (Å²) < 4.78 is 36.8. The van der Waals surface area contributed by atoms with E-state index in [0.29, 0.717) is 64.9 Å². The van der Waals surface area contributed by atoms with E-state index >= 15 is 4.39 Å². The number of pyridine rings is 1. The zero-order valence-electron chi connectivity index (χ0n) is 19.6. The molecule has 1 aromatic carbocycles. The van der Waals surface area contributed by atoms with Crippen molar-refractivity contribution in [2.24, 2.45) is 0 Å². The monoisotopic (exact) mass is 475 g/mol. The Balaban J connectivity index is 1.54. The number of anilines is 1. The maximum Gasteiger partial charge on any atom is 0.288 e. The molecule has 4 heterocycles. The first-order valence-electron chi connectivity index (χ1n) is 11.1. The molecule has 0 bridgehead atoms. The fourth-order valence-corrected chi connectivity index (χ4v) is 4.33. The summed E-state index contributed by atoms with van der Waals surface area (Å²) in [5.74, 6) is 0.536. The minimum Gasteiger partial charge on any atom is -0.493 e. The summed E-state index contributed by atoms with van der Waals surface area (Å²) in [6.45, 7) is 10.2. The quantitative estimate of drug-likeness (QED) is 0.413. The molecule has 0 aliphatic carbocycles. The Morgan fingerprint density at radius 3 is 2.77 bits per heavy atom. The van der Waals surface area contributed by atoms with Gasteiger partial charge in [-0.25, -0.2) is 13.8 Å². The number of benzene rings is 1. The summed E-state index contributed by atoms with van der Waals surface area (Å²) in [5.41, 5.74) is 3.66. The molecule has 10 heteroatoms. The lowest BCUT2D eigenvalue weighted by Gasteiger charge is -2.14. The van der Waals surface area contributed by atoms with Crippen LogP contribution >= 0.6 is 0 Å². The summed E-state index contributed by atoms with van der Waals surface area (Å²) in [7, 11) is 3.70. The highest BCUT2D eigenvalue weighted by Gasteiger charge is 2.22. The molecule has 35 heavy (non-hydrogen) atoms. The van der Waals surface area contributed by atoms with Crippen LogP contribution in [0.2, 0.25) is 0 Å². The number of imidazole rings is 1. The first kappa shape index (κ1) is 22.7. The number of fused-ring (bicyclic) bond motifs is 2. The van der Waals surface area contributed by atoms with Gasteiger partial charge in [0.25, 0.3) is 5.82 Å². The van der Waals surface area contributed by atoms with Crippen LogP contribution in [0.1, 0.15) is 22.4 Å². The molecule has 0 radical (unpaired) electrons. The van der Waals surface area contributed by atoms with Crippen LogP contribution in [0.5, 0.6) is 5.75 Å².